The Morgan fingerprint density at radius 3 is 0.833 bits per heavy atom. The van der Waals surface area contributed by atoms with Gasteiger partial charge >= 0.3 is 11.9 Å². The molecular weight excluding hydrogens is 1640 g/mol. The zero-order chi connectivity index (χ0) is 94.5. The van der Waals surface area contributed by atoms with Crippen LogP contribution in [0, 0.1) is 148 Å². The number of ether oxygens (including phenoxy) is 2. The molecule has 0 bridgehead atoms. The van der Waals surface area contributed by atoms with E-state index in [1.807, 2.05) is 59.7 Å². The van der Waals surface area contributed by atoms with Crippen molar-refractivity contribution in [2.24, 2.45) is 36.4 Å². The van der Waals surface area contributed by atoms with Crippen LogP contribution in [0.2, 0.25) is 98.2 Å². The Morgan fingerprint density at radius 1 is 0.349 bits per heavy atom. The van der Waals surface area contributed by atoms with Gasteiger partial charge in [0.1, 0.15) is 40.4 Å². The number of carbonyl (C=O) groups excluding carboxylic acids is 2. The summed E-state index contributed by atoms with van der Waals surface area (Å²) in [5.41, 5.74) is 77.0. The van der Waals surface area contributed by atoms with Crippen molar-refractivity contribution in [3.8, 4) is 117 Å². The molecule has 24 heteroatoms. The van der Waals surface area contributed by atoms with E-state index in [0.717, 1.165) is 95.4 Å². The summed E-state index contributed by atoms with van der Waals surface area (Å²) in [4.78, 5) is 36.8. The average molecular weight is 1760 g/mol. The van der Waals surface area contributed by atoms with E-state index in [4.69, 9.17) is 37.1 Å². The molecule has 7 aromatic carbocycles. The second kappa shape index (κ2) is 51.7. The molecule has 0 aliphatic carbocycles. The Balaban J connectivity index is 0.000000435. The van der Waals surface area contributed by atoms with Crippen LogP contribution in [0.5, 0.6) is 0 Å². The fourth-order valence-electron chi connectivity index (χ4n) is 12.4. The fraction of sp³-hybridized carbons (Fsp3) is 0.373. The predicted molar refractivity (Wildman–Crippen MR) is 533 cm³/mol. The van der Waals surface area contributed by atoms with E-state index in [9.17, 15) is 9.59 Å². The Bertz CT molecular complexity index is 5580. The Hall–Kier alpha value is -13.3. The summed E-state index contributed by atoms with van der Waals surface area (Å²) in [5.74, 6) is 46.0. The van der Waals surface area contributed by atoms with Crippen LogP contribution < -0.4 is 0 Å². The molecule has 0 aliphatic rings. The van der Waals surface area contributed by atoms with Crippen LogP contribution in [0.15, 0.2) is 159 Å². The number of methoxy groups -OCH3 is 1. The van der Waals surface area contributed by atoms with Crippen molar-refractivity contribution in [3.05, 3.63) is 297 Å². The first-order valence-corrected chi connectivity index (χ1v) is 58.8. The third-order valence-corrected chi connectivity index (χ3v) is 22.3. The van der Waals surface area contributed by atoms with Gasteiger partial charge in [-0.3, -0.25) is 9.59 Å². The van der Waals surface area contributed by atoms with Crippen LogP contribution in [0.4, 0.5) is 0 Å². The van der Waals surface area contributed by atoms with Gasteiger partial charge in [-0.25, -0.2) is 0 Å². The molecule has 0 amide bonds. The van der Waals surface area contributed by atoms with E-state index in [-0.39, 0.29) is 44.7 Å². The van der Waals surface area contributed by atoms with Gasteiger partial charge < -0.3 is 9.47 Å². The maximum Gasteiger partial charge on any atom is 0.311 e. The van der Waals surface area contributed by atoms with Gasteiger partial charge in [-0.15, -0.1) is 39.6 Å². The lowest BCUT2D eigenvalue weighted by molar-refractivity contribution is -0.160. The van der Waals surface area contributed by atoms with Gasteiger partial charge in [0.15, 0.2) is 0 Å². The van der Waals surface area contributed by atoms with Gasteiger partial charge in [-0.2, -0.15) is 0 Å². The third-order valence-electron chi connectivity index (χ3n) is 17.9. The number of hydrogen-bond acceptors (Lipinski definition) is 9. The van der Waals surface area contributed by atoms with E-state index in [0.29, 0.717) is 13.0 Å². The molecule has 0 radical (unpaired) electrons. The average Bonchev–Trinajstić information content (AvgIpc) is 0.730. The van der Waals surface area contributed by atoms with Crippen molar-refractivity contribution >= 4 is 52.3 Å². The molecule has 0 atom stereocenters. The van der Waals surface area contributed by atoms with Crippen LogP contribution in [-0.2, 0) is 44.1 Å². The normalized spacial score (nSPS) is 10.3. The Labute approximate surface area is 755 Å². The first kappa shape index (κ1) is 107. The van der Waals surface area contributed by atoms with E-state index in [1.54, 1.807) is 34.6 Å². The lowest BCUT2D eigenvalue weighted by atomic mass is 9.65. The standard InChI is InChI=1S/C43H46Si3.C19H24Si2.C16H12N6.C12H15N9.C12H22O4/c1-11-12-35-13-21-39(22-14-35)43(40-23-15-36(16-24-40)29-32-44(2,3)4,41-25-17-37(18-26-41)30-33-45(5,6)7)42-27-19-38(20-28-42)31-34-46(8,9)10;1-8-9-17-14-18(10-12-20(2,3)4)16-19(15-17)11-13-21(5,6)7;1-2-3-6-14-11-15(7-4-9-19-21-17)13-16(12-14)8-5-10-20-22-18;1-7-10(4-16-19-13)8(2)12(6-18-21-15)9(3)11(7)5-17-20-14;1-7-16-10(14)12(4,5)8-11(2,3)9(13)15-6/h13-28H,1-10H3;14-16H,1-7H3;11-13H,2,9-10H2,1H3;4-6H2,1-3H3;7-8H2,1-6H3. The summed E-state index contributed by atoms with van der Waals surface area (Å²) in [6.45, 7) is 55.5. The summed E-state index contributed by atoms with van der Waals surface area (Å²) in [5, 5.41) is 17.5. The second-order valence-corrected chi connectivity index (χ2v) is 59.3. The molecule has 0 aliphatic heterocycles. The molecular formula is C102H119N15O4Si5. The van der Waals surface area contributed by atoms with Gasteiger partial charge in [0.25, 0.3) is 0 Å². The molecule has 126 heavy (non-hydrogen) atoms. The van der Waals surface area contributed by atoms with Gasteiger partial charge in [-0.1, -0.05) is 256 Å². The summed E-state index contributed by atoms with van der Waals surface area (Å²) in [6, 6.07) is 47.0. The van der Waals surface area contributed by atoms with Crippen LogP contribution >= 0.6 is 0 Å². The third kappa shape index (κ3) is 38.6. The monoisotopic (exact) mass is 1760 g/mol. The van der Waals surface area contributed by atoms with Crippen LogP contribution in [0.1, 0.15) is 180 Å². The van der Waals surface area contributed by atoms with Gasteiger partial charge in [-0.05, 0) is 244 Å². The lowest BCUT2D eigenvalue weighted by Gasteiger charge is -2.37. The van der Waals surface area contributed by atoms with Crippen molar-refractivity contribution < 1.29 is 19.1 Å². The first-order valence-electron chi connectivity index (χ1n) is 41.3. The zero-order valence-corrected chi connectivity index (χ0v) is 83.7. The maximum atomic E-state index is 11.7. The SMILES string of the molecule is CC#Cc1cc(C#C[Si](C)(C)C)cc(C#C[Si](C)(C)C)c1.CC#Cc1ccc(C(c2ccc(C#C[Si](C)(C)C)cc2)(c2ccc(C#C[Si](C)(C)C)cc2)c2ccc(C#C[Si](C)(C)C)cc2)cc1.CCC#Cc1cc(C#CCN=[N+]=[N-])cc(C#CCN=[N+]=[N-])c1.CCOC(=O)C(C)(C)CC(C)(C)C(=O)OC.Cc1c(CN=[N+]=[N-])c(C)c(CN=[N+]=[N-])c(C)c1CN=[N+]=[N-]. The Kier molecular flexibility index (Phi) is 43.9. The summed E-state index contributed by atoms with van der Waals surface area (Å²) in [6.07, 6.45) is 1.15. The summed E-state index contributed by atoms with van der Waals surface area (Å²) < 4.78 is 9.68. The number of benzene rings is 7. The van der Waals surface area contributed by atoms with E-state index in [2.05, 4.69) is 380 Å². The van der Waals surface area contributed by atoms with Gasteiger partial charge in [0.2, 0.25) is 0 Å². The molecule has 0 aromatic heterocycles. The molecule has 0 fully saturated rings. The van der Waals surface area contributed by atoms with E-state index >= 15 is 0 Å². The van der Waals surface area contributed by atoms with E-state index < -0.39 is 56.6 Å². The molecule has 0 N–H and O–H groups in total. The number of rotatable bonds is 17. The number of hydrogen-bond donors (Lipinski definition) is 0. The molecule has 646 valence electrons. The summed E-state index contributed by atoms with van der Waals surface area (Å²) in [7, 11) is -5.88. The zero-order valence-electron chi connectivity index (χ0n) is 78.7. The molecule has 0 saturated heterocycles. The molecule has 0 saturated carbocycles. The number of esters is 2. The van der Waals surface area contributed by atoms with Crippen LogP contribution in [-0.4, -0.2) is 79.1 Å². The maximum absolute atomic E-state index is 11.7. The highest BCUT2D eigenvalue weighted by Gasteiger charge is 2.41. The minimum atomic E-state index is -1.50. The highest BCUT2D eigenvalue weighted by molar-refractivity contribution is 6.85. The number of nitrogens with zero attached hydrogens (tertiary/aromatic N) is 15. The topological polar surface area (TPSA) is 296 Å². The molecule has 0 heterocycles. The van der Waals surface area contributed by atoms with Crippen molar-refractivity contribution in [3.63, 3.8) is 0 Å². The predicted octanol–water partition coefficient (Wildman–Crippen LogP) is 25.6. The molecule has 7 rings (SSSR count). The minimum Gasteiger partial charge on any atom is -0.469 e. The molecule has 19 nitrogen and oxygen atoms in total. The molecule has 0 unspecified atom stereocenters. The summed E-state index contributed by atoms with van der Waals surface area (Å²) >= 11 is 0. The van der Waals surface area contributed by atoms with E-state index in [1.165, 1.54) is 29.4 Å². The molecule has 7 aromatic rings. The quantitative estimate of drug-likeness (QED) is 0.0163. The fourth-order valence-corrected chi connectivity index (χ4v) is 15.0. The molecule has 0 spiro atoms. The lowest BCUT2D eigenvalue weighted by Crippen LogP contribution is -2.36. The van der Waals surface area contributed by atoms with Crippen molar-refractivity contribution in [1.82, 2.24) is 0 Å². The minimum absolute atomic E-state index is 0.110. The number of azide groups is 5. The highest BCUT2D eigenvalue weighted by Crippen LogP contribution is 2.46. The van der Waals surface area contributed by atoms with Crippen LogP contribution in [0.25, 0.3) is 52.2 Å². The number of carbonyl (C=O) groups is 2. The Morgan fingerprint density at radius 2 is 0.587 bits per heavy atom. The van der Waals surface area contributed by atoms with Gasteiger partial charge in [0.05, 0.1) is 62.7 Å². The largest absolute Gasteiger partial charge is 0.469 e. The van der Waals surface area contributed by atoms with Crippen molar-refractivity contribution in [2.45, 2.75) is 212 Å². The first-order chi connectivity index (χ1) is 59.2. The highest BCUT2D eigenvalue weighted by atomic mass is 28.3. The van der Waals surface area contributed by atoms with Crippen molar-refractivity contribution in [1.29, 1.82) is 0 Å². The van der Waals surface area contributed by atoms with Crippen LogP contribution in [0.3, 0.4) is 0 Å². The smallest absolute Gasteiger partial charge is 0.311 e. The van der Waals surface area contributed by atoms with Crippen molar-refractivity contribution in [2.75, 3.05) is 26.8 Å². The van der Waals surface area contributed by atoms with Gasteiger partial charge in [0, 0.05) is 86.6 Å². The second-order valence-electron chi connectivity index (χ2n) is 35.6.